The Labute approximate surface area is 318 Å². The van der Waals surface area contributed by atoms with Crippen LogP contribution >= 0.6 is 0 Å². The first kappa shape index (κ1) is 45.9. The van der Waals surface area contributed by atoms with Gasteiger partial charge in [0, 0.05) is 44.9 Å². The zero-order chi connectivity index (χ0) is 33.6. The average molecular weight is 705 g/mol. The van der Waals surface area contributed by atoms with E-state index in [4.69, 9.17) is 0 Å². The van der Waals surface area contributed by atoms with Crippen LogP contribution in [0, 0.1) is 5.92 Å². The fourth-order valence-corrected chi connectivity index (χ4v) is 7.28. The molecule has 0 N–H and O–H groups in total. The molecule has 4 heteroatoms. The molecule has 282 valence electrons. The Hall–Kier alpha value is -4.12. The van der Waals surface area contributed by atoms with Crippen LogP contribution in [0.5, 0.6) is 0 Å². The third-order valence-electron chi connectivity index (χ3n) is 9.92. The van der Waals surface area contributed by atoms with Crippen molar-refractivity contribution in [3.8, 4) is 0 Å². The molecule has 0 radical (unpaired) electrons. The van der Waals surface area contributed by atoms with Crippen LogP contribution in [0.2, 0.25) is 0 Å². The van der Waals surface area contributed by atoms with Gasteiger partial charge in [-0.15, -0.1) is 0 Å². The first-order valence-corrected chi connectivity index (χ1v) is 17.8. The maximum atomic E-state index is 11.2. The van der Waals surface area contributed by atoms with Crippen molar-refractivity contribution in [1.82, 2.24) is 9.80 Å². The normalized spacial score (nSPS) is 14.6. The zero-order valence-electron chi connectivity index (χ0n) is 28.9. The van der Waals surface area contributed by atoms with Crippen LogP contribution in [0.1, 0.15) is 110 Å². The number of piperidine rings is 2. The van der Waals surface area contributed by atoms with Gasteiger partial charge in [0.2, 0.25) is 0 Å². The minimum Gasteiger partial charge on any atom is -0.303 e. The summed E-state index contributed by atoms with van der Waals surface area (Å²) >= 11 is 0. The molecule has 0 aliphatic carbocycles. The van der Waals surface area contributed by atoms with Gasteiger partial charge in [-0.3, -0.25) is 9.59 Å². The summed E-state index contributed by atoms with van der Waals surface area (Å²) in [5.41, 5.74) is 8.37. The maximum absolute atomic E-state index is 11.2. The molecule has 0 aromatic heterocycles. The number of rotatable bonds is 11. The van der Waals surface area contributed by atoms with Gasteiger partial charge in [0.25, 0.3) is 0 Å². The van der Waals surface area contributed by atoms with Crippen molar-refractivity contribution in [2.45, 2.75) is 88.0 Å². The van der Waals surface area contributed by atoms with E-state index in [2.05, 4.69) is 131 Å². The second-order valence-electron chi connectivity index (χ2n) is 13.4. The topological polar surface area (TPSA) is 40.6 Å². The number of hydrogen-bond acceptors (Lipinski definition) is 4. The highest BCUT2D eigenvalue weighted by Gasteiger charge is 2.28. The Morgan fingerprint density at radius 3 is 1.25 bits per heavy atom. The minimum absolute atomic E-state index is 0. The highest BCUT2D eigenvalue weighted by molar-refractivity contribution is 5.82. The summed E-state index contributed by atoms with van der Waals surface area (Å²) in [5, 5.41) is 0. The number of Topliss-reactive ketones (excluding diaryl/α,β-unsaturated/α-hetero) is 2. The molecule has 2 aliphatic rings. The smallest absolute Gasteiger partial charge is 0.131 e. The number of benzene rings is 4. The third kappa shape index (κ3) is 13.8. The van der Waals surface area contributed by atoms with Crippen molar-refractivity contribution < 1.29 is 9.59 Å². The van der Waals surface area contributed by atoms with Gasteiger partial charge < -0.3 is 9.80 Å². The quantitative estimate of drug-likeness (QED) is 0.156. The van der Waals surface area contributed by atoms with E-state index in [-0.39, 0.29) is 35.5 Å². The molecule has 4 aromatic carbocycles. The lowest BCUT2D eigenvalue weighted by atomic mass is 9.76. The molecular formula is C48H68N2O2. The highest BCUT2D eigenvalue weighted by Crippen LogP contribution is 2.38. The fraction of sp³-hybridized carbons (Fsp3) is 0.417. The summed E-state index contributed by atoms with van der Waals surface area (Å²) in [5.74, 6) is 1.72. The summed E-state index contributed by atoms with van der Waals surface area (Å²) in [6.45, 7) is 9.49. The van der Waals surface area contributed by atoms with Gasteiger partial charge in [-0.2, -0.15) is 0 Å². The van der Waals surface area contributed by atoms with Crippen LogP contribution in [0.4, 0.5) is 0 Å². The second kappa shape index (κ2) is 24.2. The molecule has 4 aromatic rings. The number of hydrogen-bond donors (Lipinski definition) is 0. The molecule has 0 saturated carbocycles. The number of carbonyl (C=O) groups excluding carboxylic acids is 2. The van der Waals surface area contributed by atoms with E-state index >= 15 is 0 Å². The molecule has 0 bridgehead atoms. The maximum Gasteiger partial charge on any atom is 0.131 e. The molecule has 0 unspecified atom stereocenters. The van der Waals surface area contributed by atoms with Gasteiger partial charge >= 0.3 is 0 Å². The van der Waals surface area contributed by atoms with Crippen molar-refractivity contribution >= 4 is 17.1 Å². The standard InChI is InChI=1S/C22H27NO.C22H25NO.4CH4/c2*1-18(24)12-15-23-16-13-21(14-17-23)22(19-8-4-2-5-9-19)20-10-6-3-7-11-20;;;;/h2-11,21-22H,12-17H2,1H3;2-11H,12-17H2,1H3;4*1H4. The van der Waals surface area contributed by atoms with Gasteiger partial charge in [0.1, 0.15) is 11.6 Å². The van der Waals surface area contributed by atoms with Crippen molar-refractivity contribution in [2.24, 2.45) is 5.92 Å². The minimum atomic E-state index is 0. The molecule has 6 rings (SSSR count). The molecule has 52 heavy (non-hydrogen) atoms. The van der Waals surface area contributed by atoms with Crippen molar-refractivity contribution in [3.05, 3.63) is 149 Å². The predicted octanol–water partition coefficient (Wildman–Crippen LogP) is 11.6. The Bertz CT molecular complexity index is 1490. The van der Waals surface area contributed by atoms with Crippen molar-refractivity contribution in [2.75, 3.05) is 39.3 Å². The van der Waals surface area contributed by atoms with Crippen LogP contribution in [-0.4, -0.2) is 60.6 Å². The van der Waals surface area contributed by atoms with E-state index < -0.39 is 0 Å². The van der Waals surface area contributed by atoms with Crippen LogP contribution in [0.25, 0.3) is 5.57 Å². The fourth-order valence-electron chi connectivity index (χ4n) is 7.28. The Kier molecular flexibility index (Phi) is 21.3. The van der Waals surface area contributed by atoms with Gasteiger partial charge in [-0.1, -0.05) is 157 Å². The lowest BCUT2D eigenvalue weighted by Gasteiger charge is -2.36. The van der Waals surface area contributed by atoms with Gasteiger partial charge in [0.05, 0.1) is 0 Å². The molecular weight excluding hydrogens is 637 g/mol. The second-order valence-corrected chi connectivity index (χ2v) is 13.4. The van der Waals surface area contributed by atoms with E-state index in [1.54, 1.807) is 13.8 Å². The zero-order valence-corrected chi connectivity index (χ0v) is 28.9. The molecule has 2 saturated heterocycles. The first-order chi connectivity index (χ1) is 23.5. The SMILES string of the molecule is C.C.C.C.CC(=O)CCN1CCC(=C(c2ccccc2)c2ccccc2)CC1.CC(=O)CCN1CCC(C(c2ccccc2)c2ccccc2)CC1. The van der Waals surface area contributed by atoms with E-state index in [0.717, 1.165) is 52.1 Å². The van der Waals surface area contributed by atoms with E-state index in [1.165, 1.54) is 46.2 Å². The molecule has 0 spiro atoms. The summed E-state index contributed by atoms with van der Waals surface area (Å²) in [7, 11) is 0. The van der Waals surface area contributed by atoms with Crippen LogP contribution < -0.4 is 0 Å². The Morgan fingerprint density at radius 1 is 0.538 bits per heavy atom. The van der Waals surface area contributed by atoms with Crippen LogP contribution in [0.15, 0.2) is 127 Å². The molecule has 2 fully saturated rings. The lowest BCUT2D eigenvalue weighted by Crippen LogP contribution is -2.37. The monoisotopic (exact) mass is 705 g/mol. The molecule has 4 nitrogen and oxygen atoms in total. The first-order valence-electron chi connectivity index (χ1n) is 17.8. The van der Waals surface area contributed by atoms with Gasteiger partial charge in [-0.25, -0.2) is 0 Å². The van der Waals surface area contributed by atoms with Crippen LogP contribution in [0.3, 0.4) is 0 Å². The summed E-state index contributed by atoms with van der Waals surface area (Å²) in [6.07, 6.45) is 5.92. The number of nitrogens with zero attached hydrogens (tertiary/aromatic N) is 2. The third-order valence-corrected chi connectivity index (χ3v) is 9.92. The number of carbonyl (C=O) groups is 2. The number of likely N-dealkylation sites (tertiary alicyclic amines) is 2. The van der Waals surface area contributed by atoms with Crippen LogP contribution in [-0.2, 0) is 9.59 Å². The van der Waals surface area contributed by atoms with Gasteiger partial charge in [0.15, 0.2) is 0 Å². The molecule has 2 aliphatic heterocycles. The number of ketones is 2. The summed E-state index contributed by atoms with van der Waals surface area (Å²) in [4.78, 5) is 27.3. The Morgan fingerprint density at radius 2 is 0.885 bits per heavy atom. The average Bonchev–Trinajstić information content (AvgIpc) is 3.13. The highest BCUT2D eigenvalue weighted by atomic mass is 16.1. The predicted molar refractivity (Wildman–Crippen MR) is 226 cm³/mol. The van der Waals surface area contributed by atoms with Crippen molar-refractivity contribution in [1.29, 1.82) is 0 Å². The summed E-state index contributed by atoms with van der Waals surface area (Å²) < 4.78 is 0. The summed E-state index contributed by atoms with van der Waals surface area (Å²) in [6, 6.07) is 43.2. The van der Waals surface area contributed by atoms with E-state index in [0.29, 0.717) is 30.5 Å². The molecule has 0 amide bonds. The molecule has 0 atom stereocenters. The lowest BCUT2D eigenvalue weighted by molar-refractivity contribution is -0.118. The van der Waals surface area contributed by atoms with Crippen molar-refractivity contribution in [3.63, 3.8) is 0 Å². The Balaban J connectivity index is 0.000000483. The largest absolute Gasteiger partial charge is 0.303 e. The molecule has 2 heterocycles. The van der Waals surface area contributed by atoms with E-state index in [1.807, 2.05) is 0 Å². The van der Waals surface area contributed by atoms with E-state index in [9.17, 15) is 9.59 Å². The van der Waals surface area contributed by atoms with Gasteiger partial charge in [-0.05, 0) is 86.4 Å².